The maximum absolute atomic E-state index is 12.0. The highest BCUT2D eigenvalue weighted by Crippen LogP contribution is 1.98. The van der Waals surface area contributed by atoms with Gasteiger partial charge in [-0.15, -0.1) is 6.42 Å². The molecular formula is C13H20N2O5. The number of carbonyl (C=O) groups excluding carboxylic acids is 2. The Balaban J connectivity index is 2.45. The van der Waals surface area contributed by atoms with Crippen LogP contribution in [0.25, 0.3) is 0 Å². The van der Waals surface area contributed by atoms with Gasteiger partial charge in [0, 0.05) is 6.54 Å². The maximum Gasteiger partial charge on any atom is 0.324 e. The van der Waals surface area contributed by atoms with Crippen LogP contribution in [-0.4, -0.2) is 69.6 Å². The van der Waals surface area contributed by atoms with Crippen LogP contribution in [0.3, 0.4) is 0 Å². The molecule has 1 N–H and O–H groups in total. The van der Waals surface area contributed by atoms with Gasteiger partial charge in [-0.05, 0) is 0 Å². The van der Waals surface area contributed by atoms with E-state index in [1.165, 1.54) is 0 Å². The number of amides is 3. The second kappa shape index (κ2) is 10.2. The standard InChI is InChI=1S/C13H20N2O5/c1-2-6-18-7-3-12(16)15-5-9-20-11-10-19-8-4-14-13(15)17/h1H,3-11H2,(H,14,17). The van der Waals surface area contributed by atoms with Crippen molar-refractivity contribution in [3.8, 4) is 12.3 Å². The molecule has 0 radical (unpaired) electrons. The van der Waals surface area contributed by atoms with E-state index >= 15 is 0 Å². The molecule has 0 atom stereocenters. The molecule has 0 aromatic rings. The summed E-state index contributed by atoms with van der Waals surface area (Å²) in [6.07, 6.45) is 5.14. The number of hydrogen-bond acceptors (Lipinski definition) is 5. The molecule has 0 unspecified atom stereocenters. The highest BCUT2D eigenvalue weighted by Gasteiger charge is 2.20. The summed E-state index contributed by atoms with van der Waals surface area (Å²) in [6, 6.07) is -0.443. The Hall–Kier alpha value is -1.62. The Kier molecular flexibility index (Phi) is 8.38. The summed E-state index contributed by atoms with van der Waals surface area (Å²) in [5.41, 5.74) is 0. The third-order valence-electron chi connectivity index (χ3n) is 2.55. The Labute approximate surface area is 118 Å². The summed E-state index contributed by atoms with van der Waals surface area (Å²) in [7, 11) is 0. The number of carbonyl (C=O) groups is 2. The summed E-state index contributed by atoms with van der Waals surface area (Å²) in [6.45, 7) is 2.51. The summed E-state index contributed by atoms with van der Waals surface area (Å²) >= 11 is 0. The Morgan fingerprint density at radius 2 is 2.10 bits per heavy atom. The van der Waals surface area contributed by atoms with Crippen LogP contribution in [0.4, 0.5) is 4.79 Å². The molecule has 1 fully saturated rings. The highest BCUT2D eigenvalue weighted by atomic mass is 16.5. The SMILES string of the molecule is C#CCOCCC(=O)N1CCOCCOCCNC1=O. The van der Waals surface area contributed by atoms with Gasteiger partial charge in [-0.1, -0.05) is 5.92 Å². The van der Waals surface area contributed by atoms with Crippen molar-refractivity contribution >= 4 is 11.9 Å². The molecule has 3 amide bonds. The zero-order chi connectivity index (χ0) is 14.6. The molecule has 1 saturated heterocycles. The van der Waals surface area contributed by atoms with Crippen LogP contribution in [-0.2, 0) is 19.0 Å². The van der Waals surface area contributed by atoms with E-state index < -0.39 is 6.03 Å². The molecule has 0 saturated carbocycles. The minimum atomic E-state index is -0.443. The van der Waals surface area contributed by atoms with Crippen molar-refractivity contribution in [2.45, 2.75) is 6.42 Å². The van der Waals surface area contributed by atoms with Crippen LogP contribution in [0, 0.1) is 12.3 Å². The van der Waals surface area contributed by atoms with Crippen LogP contribution >= 0.6 is 0 Å². The Morgan fingerprint density at radius 1 is 1.35 bits per heavy atom. The smallest absolute Gasteiger partial charge is 0.324 e. The molecule has 7 heteroatoms. The number of terminal acetylenes is 1. The molecule has 0 aliphatic carbocycles. The lowest BCUT2D eigenvalue weighted by atomic mass is 10.3. The highest BCUT2D eigenvalue weighted by molar-refractivity contribution is 5.94. The van der Waals surface area contributed by atoms with Gasteiger partial charge in [0.25, 0.3) is 0 Å². The number of nitrogens with one attached hydrogen (secondary N) is 1. The van der Waals surface area contributed by atoms with E-state index in [2.05, 4.69) is 11.2 Å². The average molecular weight is 284 g/mol. The minimum Gasteiger partial charge on any atom is -0.377 e. The summed E-state index contributed by atoms with van der Waals surface area (Å²) in [5.74, 6) is 1.99. The topological polar surface area (TPSA) is 77.1 Å². The molecule has 1 aliphatic rings. The summed E-state index contributed by atoms with van der Waals surface area (Å²) < 4.78 is 15.5. The Morgan fingerprint density at radius 3 is 2.85 bits per heavy atom. The van der Waals surface area contributed by atoms with Gasteiger partial charge >= 0.3 is 6.03 Å². The van der Waals surface area contributed by atoms with Gasteiger partial charge in [0.15, 0.2) is 0 Å². The van der Waals surface area contributed by atoms with Gasteiger partial charge in [-0.2, -0.15) is 0 Å². The van der Waals surface area contributed by atoms with Gasteiger partial charge in [0.2, 0.25) is 5.91 Å². The molecule has 112 valence electrons. The molecule has 0 aromatic heterocycles. The van der Waals surface area contributed by atoms with Crippen molar-refractivity contribution in [3.05, 3.63) is 0 Å². The lowest BCUT2D eigenvalue weighted by Gasteiger charge is -2.20. The number of hydrogen-bond donors (Lipinski definition) is 1. The van der Waals surface area contributed by atoms with Crippen LogP contribution < -0.4 is 5.32 Å². The van der Waals surface area contributed by atoms with E-state index in [9.17, 15) is 9.59 Å². The maximum atomic E-state index is 12.0. The van der Waals surface area contributed by atoms with E-state index in [0.717, 1.165) is 4.90 Å². The van der Waals surface area contributed by atoms with Crippen molar-refractivity contribution in [3.63, 3.8) is 0 Å². The number of imide groups is 1. The predicted octanol–water partition coefficient (Wildman–Crippen LogP) is -0.389. The van der Waals surface area contributed by atoms with Crippen LogP contribution in [0.2, 0.25) is 0 Å². The molecule has 7 nitrogen and oxygen atoms in total. The first kappa shape index (κ1) is 16.4. The van der Waals surface area contributed by atoms with Gasteiger partial charge in [0.1, 0.15) is 6.61 Å². The van der Waals surface area contributed by atoms with E-state index in [-0.39, 0.29) is 38.7 Å². The second-order valence-corrected chi connectivity index (χ2v) is 4.01. The largest absolute Gasteiger partial charge is 0.377 e. The number of ether oxygens (including phenoxy) is 3. The third-order valence-corrected chi connectivity index (χ3v) is 2.55. The van der Waals surface area contributed by atoms with Gasteiger partial charge < -0.3 is 19.5 Å². The Bertz CT molecular complexity index is 353. The summed E-state index contributed by atoms with van der Waals surface area (Å²) in [5, 5.41) is 2.63. The molecule has 0 spiro atoms. The van der Waals surface area contributed by atoms with Crippen molar-refractivity contribution in [1.29, 1.82) is 0 Å². The third kappa shape index (κ3) is 6.52. The van der Waals surface area contributed by atoms with E-state index in [4.69, 9.17) is 20.6 Å². The molecule has 1 rings (SSSR count). The average Bonchev–Trinajstić information content (AvgIpc) is 2.49. The zero-order valence-electron chi connectivity index (χ0n) is 11.4. The first-order valence-electron chi connectivity index (χ1n) is 6.50. The normalized spacial score (nSPS) is 17.8. The second-order valence-electron chi connectivity index (χ2n) is 4.01. The molecule has 1 aliphatic heterocycles. The molecular weight excluding hydrogens is 264 g/mol. The van der Waals surface area contributed by atoms with E-state index in [1.807, 2.05) is 0 Å². The fraction of sp³-hybridized carbons (Fsp3) is 0.692. The first-order chi connectivity index (χ1) is 9.75. The monoisotopic (exact) mass is 284 g/mol. The lowest BCUT2D eigenvalue weighted by Crippen LogP contribution is -2.46. The fourth-order valence-corrected chi connectivity index (χ4v) is 1.57. The lowest BCUT2D eigenvalue weighted by molar-refractivity contribution is -0.129. The van der Waals surface area contributed by atoms with Crippen LogP contribution in [0.5, 0.6) is 0 Å². The van der Waals surface area contributed by atoms with Crippen LogP contribution in [0.15, 0.2) is 0 Å². The van der Waals surface area contributed by atoms with Crippen molar-refractivity contribution in [2.75, 3.05) is 52.7 Å². The predicted molar refractivity (Wildman–Crippen MR) is 71.0 cm³/mol. The van der Waals surface area contributed by atoms with E-state index in [1.54, 1.807) is 0 Å². The van der Waals surface area contributed by atoms with Gasteiger partial charge in [-0.3, -0.25) is 9.69 Å². The number of urea groups is 1. The molecule has 1 heterocycles. The fourth-order valence-electron chi connectivity index (χ4n) is 1.57. The van der Waals surface area contributed by atoms with E-state index in [0.29, 0.717) is 26.4 Å². The van der Waals surface area contributed by atoms with Crippen molar-refractivity contribution in [1.82, 2.24) is 10.2 Å². The van der Waals surface area contributed by atoms with Gasteiger partial charge in [0.05, 0.1) is 46.0 Å². The first-order valence-corrected chi connectivity index (χ1v) is 6.50. The quantitative estimate of drug-likeness (QED) is 0.562. The zero-order valence-corrected chi connectivity index (χ0v) is 11.4. The number of nitrogens with zero attached hydrogens (tertiary/aromatic N) is 1. The number of rotatable bonds is 4. The molecule has 20 heavy (non-hydrogen) atoms. The van der Waals surface area contributed by atoms with Crippen molar-refractivity contribution in [2.24, 2.45) is 0 Å². The minimum absolute atomic E-state index is 0.103. The van der Waals surface area contributed by atoms with Gasteiger partial charge in [-0.25, -0.2) is 4.79 Å². The molecule has 0 bridgehead atoms. The van der Waals surface area contributed by atoms with Crippen LogP contribution in [0.1, 0.15) is 6.42 Å². The molecule has 0 aromatic carbocycles. The van der Waals surface area contributed by atoms with Crippen molar-refractivity contribution < 1.29 is 23.8 Å². The summed E-state index contributed by atoms with van der Waals surface area (Å²) in [4.78, 5) is 25.0.